The molecule has 0 spiro atoms. The number of benzene rings is 2. The number of unbranched alkanes of at least 4 members (excludes halogenated alkanes) is 4. The Bertz CT molecular complexity index is 3520. The van der Waals surface area contributed by atoms with Gasteiger partial charge in [0.2, 0.25) is 76.8 Å². The number of fused-ring (bicyclic) bond motifs is 1. The van der Waals surface area contributed by atoms with Crippen LogP contribution in [0.15, 0.2) is 60.8 Å². The Hall–Kier alpha value is -10.2. The number of para-hydroxylation sites is 1. The first-order chi connectivity index (χ1) is 52.3. The van der Waals surface area contributed by atoms with Crippen LogP contribution in [-0.2, 0) is 84.8 Å². The second-order valence-electron chi connectivity index (χ2n) is 27.9. The molecule has 0 aliphatic rings. The standard InChI is InChI=1S/C74H117N17O19/c1-9-11-12-13-17-28-57(94)89-60(41(3)4)71(106)85-49(26-20-32-75)63(98)79-38-58(95)81-55(39-92)69(104)87-54(36-46-37-78-48-25-19-18-24-47(46)48)68(103)88-56(40-93)70(105)82-50(27-21-33-76)64(99)84-52(31-34-77)65(100)86-53(35-45-22-15-14-16-23-45)67(102)83-51(29-30-59(96)97)66(101)90-61(42(5)6)72(107)91-62(43(7)10-2)73(108)80-44(8)74(109)110/h14-16,18-19,22-25,37,41-44,49-56,60-62,78,92-93H,9-13,17,20-21,26-36,38-40,75-77H2,1-8H3,(H,79,98)(H,80,108)(H,81,95)(H,82,105)(H,83,102)(H,84,99)(H,85,106)(H,86,100)(H,87,104)(H,88,103)(H,89,94)(H,90,101)(H,91,107)(H,96,97)(H,109,110)/t43-,44-,49+,50-,51-,52+,53-,54+,55+,56-,60+,61-,62+/m0/s1. The molecule has 36 nitrogen and oxygen atoms in total. The van der Waals surface area contributed by atoms with Crippen LogP contribution < -0.4 is 86.3 Å². The number of hydrogen-bond acceptors (Lipinski definition) is 20. The van der Waals surface area contributed by atoms with Gasteiger partial charge in [-0.15, -0.1) is 0 Å². The van der Waals surface area contributed by atoms with Gasteiger partial charge < -0.3 is 112 Å². The molecule has 13 atom stereocenters. The van der Waals surface area contributed by atoms with Crippen LogP contribution in [0.5, 0.6) is 0 Å². The van der Waals surface area contributed by atoms with Gasteiger partial charge in [0.05, 0.1) is 19.8 Å². The van der Waals surface area contributed by atoms with E-state index >= 15 is 0 Å². The van der Waals surface area contributed by atoms with Crippen molar-refractivity contribution in [2.75, 3.05) is 39.4 Å². The van der Waals surface area contributed by atoms with Crippen molar-refractivity contribution >= 4 is 99.6 Å². The lowest BCUT2D eigenvalue weighted by Crippen LogP contribution is -2.62. The predicted octanol–water partition coefficient (Wildman–Crippen LogP) is -2.61. The van der Waals surface area contributed by atoms with E-state index in [1.54, 1.807) is 102 Å². The first kappa shape index (κ1) is 94.0. The van der Waals surface area contributed by atoms with E-state index in [9.17, 15) is 92.3 Å². The highest BCUT2D eigenvalue weighted by Crippen LogP contribution is 2.20. The zero-order valence-electron chi connectivity index (χ0n) is 64.1. The number of aliphatic hydroxyl groups excluding tert-OH is 2. The summed E-state index contributed by atoms with van der Waals surface area (Å²) in [4.78, 5) is 208. The number of aromatic nitrogens is 1. The number of carbonyl (C=O) groups is 15. The fourth-order valence-corrected chi connectivity index (χ4v) is 11.5. The lowest BCUT2D eigenvalue weighted by Gasteiger charge is -2.30. The third kappa shape index (κ3) is 32.6. The van der Waals surface area contributed by atoms with Crippen LogP contribution in [0.3, 0.4) is 0 Å². The van der Waals surface area contributed by atoms with Crippen molar-refractivity contribution < 1.29 is 92.3 Å². The lowest BCUT2D eigenvalue weighted by molar-refractivity contribution is -0.142. The molecule has 2 aromatic carbocycles. The molecular formula is C74H117N17O19. The predicted molar refractivity (Wildman–Crippen MR) is 405 cm³/mol. The number of nitrogens with two attached hydrogens (primary N) is 3. The number of carboxylic acid groups (broad SMARTS) is 2. The second-order valence-corrected chi connectivity index (χ2v) is 27.9. The zero-order valence-corrected chi connectivity index (χ0v) is 64.1. The summed E-state index contributed by atoms with van der Waals surface area (Å²) in [6, 6.07) is -2.73. The number of H-pyrrole nitrogens is 1. The second kappa shape index (κ2) is 49.8. The summed E-state index contributed by atoms with van der Waals surface area (Å²) in [6.07, 6.45) is 4.80. The van der Waals surface area contributed by atoms with E-state index in [1.807, 2.05) is 0 Å². The quantitative estimate of drug-likeness (QED) is 0.0257. The summed E-state index contributed by atoms with van der Waals surface area (Å²) in [5, 5.41) is 73.6. The van der Waals surface area contributed by atoms with Crippen molar-refractivity contribution in [1.82, 2.24) is 74.1 Å². The molecule has 110 heavy (non-hydrogen) atoms. The maximum absolute atomic E-state index is 14.5. The largest absolute Gasteiger partial charge is 0.481 e. The van der Waals surface area contributed by atoms with E-state index in [4.69, 9.17) is 17.2 Å². The van der Waals surface area contributed by atoms with Gasteiger partial charge in [0, 0.05) is 42.8 Å². The van der Waals surface area contributed by atoms with Crippen molar-refractivity contribution in [1.29, 1.82) is 0 Å². The van der Waals surface area contributed by atoms with Gasteiger partial charge in [0.1, 0.15) is 72.5 Å². The number of aliphatic carboxylic acids is 2. The van der Waals surface area contributed by atoms with Gasteiger partial charge in [-0.3, -0.25) is 71.9 Å². The van der Waals surface area contributed by atoms with E-state index in [1.165, 1.54) is 6.92 Å². The Balaban J connectivity index is 1.88. The fourth-order valence-electron chi connectivity index (χ4n) is 11.5. The third-order valence-corrected chi connectivity index (χ3v) is 18.3. The van der Waals surface area contributed by atoms with Crippen LogP contribution in [0.25, 0.3) is 10.9 Å². The van der Waals surface area contributed by atoms with E-state index in [0.717, 1.165) is 25.7 Å². The Kier molecular flexibility index (Phi) is 42.6. The molecule has 3 rings (SSSR count). The Morgan fingerprint density at radius 2 is 0.855 bits per heavy atom. The molecule has 0 saturated carbocycles. The normalized spacial score (nSPS) is 14.8. The van der Waals surface area contributed by atoms with Crippen molar-refractivity contribution in [3.63, 3.8) is 0 Å². The first-order valence-corrected chi connectivity index (χ1v) is 37.5. The first-order valence-electron chi connectivity index (χ1n) is 37.5. The van der Waals surface area contributed by atoms with E-state index < -0.39 is 200 Å². The summed E-state index contributed by atoms with van der Waals surface area (Å²) in [7, 11) is 0. The molecule has 36 heteroatoms. The van der Waals surface area contributed by atoms with Gasteiger partial charge in [-0.2, -0.15) is 0 Å². The van der Waals surface area contributed by atoms with E-state index in [-0.39, 0.29) is 82.8 Å². The zero-order chi connectivity index (χ0) is 82.2. The molecular weight excluding hydrogens is 1430 g/mol. The molecule has 0 radical (unpaired) electrons. The van der Waals surface area contributed by atoms with Crippen molar-refractivity contribution in [3.8, 4) is 0 Å². The number of amides is 13. The Labute approximate surface area is 640 Å². The maximum Gasteiger partial charge on any atom is 0.325 e. The molecule has 612 valence electrons. The van der Waals surface area contributed by atoms with Crippen LogP contribution in [0.4, 0.5) is 0 Å². The van der Waals surface area contributed by atoms with Crippen LogP contribution in [-0.4, -0.2) is 226 Å². The molecule has 0 aliphatic carbocycles. The number of aliphatic hydroxyl groups is 2. The van der Waals surface area contributed by atoms with Crippen molar-refractivity contribution in [2.45, 2.75) is 231 Å². The highest BCUT2D eigenvalue weighted by Gasteiger charge is 2.38. The Morgan fingerprint density at radius 3 is 1.39 bits per heavy atom. The van der Waals surface area contributed by atoms with Gasteiger partial charge in [0.25, 0.3) is 0 Å². The minimum atomic E-state index is -1.86. The molecule has 0 unspecified atom stereocenters. The van der Waals surface area contributed by atoms with Crippen molar-refractivity contribution in [3.05, 3.63) is 71.9 Å². The number of rotatable bonds is 53. The summed E-state index contributed by atoms with van der Waals surface area (Å²) >= 11 is 0. The average molecular weight is 1550 g/mol. The highest BCUT2D eigenvalue weighted by molar-refractivity contribution is 6.00. The SMILES string of the molecule is CCCCCCCC(=O)N[C@@H](C(=O)N[C@H](CCCN)C(=O)NCC(=O)N[C@H](CO)C(=O)N[C@H](Cc1c[nH]c2ccccc12)C(=O)N[C@@H](CO)C(=O)N[C@@H](CCCN)C(=O)N[C@H](CCN)C(=O)N[C@@H](Cc1ccccc1)C(=O)N[C@@H](CCC(=O)O)C(=O)N[C@H](C(=O)N[C@@H](C(=O)N[C@@H](C)C(=O)O)[C@@H](C)CC)C(C)C)C(C)C. The Morgan fingerprint density at radius 1 is 0.409 bits per heavy atom. The summed E-state index contributed by atoms with van der Waals surface area (Å²) in [6.45, 7) is 10.2. The van der Waals surface area contributed by atoms with Gasteiger partial charge in [0.15, 0.2) is 0 Å². The van der Waals surface area contributed by atoms with Gasteiger partial charge in [-0.05, 0) is 106 Å². The van der Waals surface area contributed by atoms with Crippen LogP contribution in [0, 0.1) is 17.8 Å². The number of hydrogen-bond donors (Lipinski definition) is 21. The molecule has 0 saturated heterocycles. The fraction of sp³-hybridized carbons (Fsp3) is 0.608. The monoisotopic (exact) mass is 1550 g/mol. The molecule has 0 bridgehead atoms. The van der Waals surface area contributed by atoms with Gasteiger partial charge >= 0.3 is 11.9 Å². The minimum absolute atomic E-state index is 0.0254. The molecule has 24 N–H and O–H groups in total. The van der Waals surface area contributed by atoms with Crippen LogP contribution >= 0.6 is 0 Å². The maximum atomic E-state index is 14.5. The van der Waals surface area contributed by atoms with E-state index in [2.05, 4.69) is 81.0 Å². The number of carboxylic acids is 2. The highest BCUT2D eigenvalue weighted by atomic mass is 16.4. The molecule has 0 fully saturated rings. The average Bonchev–Trinajstić information content (AvgIpc) is 1.61. The number of aromatic amines is 1. The summed E-state index contributed by atoms with van der Waals surface area (Å²) in [5.41, 5.74) is 19.1. The van der Waals surface area contributed by atoms with Gasteiger partial charge in [-0.25, -0.2) is 0 Å². The van der Waals surface area contributed by atoms with Crippen LogP contribution in [0.2, 0.25) is 0 Å². The molecule has 0 aliphatic heterocycles. The summed E-state index contributed by atoms with van der Waals surface area (Å²) in [5.74, 6) is -16.1. The third-order valence-electron chi connectivity index (χ3n) is 18.3. The number of carbonyl (C=O) groups excluding carboxylic acids is 13. The smallest absolute Gasteiger partial charge is 0.325 e. The molecule has 13 amide bonds. The van der Waals surface area contributed by atoms with E-state index in [0.29, 0.717) is 34.9 Å². The summed E-state index contributed by atoms with van der Waals surface area (Å²) < 4.78 is 0. The van der Waals surface area contributed by atoms with Crippen molar-refractivity contribution in [2.24, 2.45) is 35.0 Å². The number of nitrogens with one attached hydrogen (secondary N) is 14. The molecule has 1 heterocycles. The molecule has 3 aromatic rings. The lowest BCUT2D eigenvalue weighted by atomic mass is 9.96. The minimum Gasteiger partial charge on any atom is -0.481 e. The van der Waals surface area contributed by atoms with Gasteiger partial charge in [-0.1, -0.05) is 129 Å². The topological polar surface area (TPSA) is 587 Å². The molecule has 1 aromatic heterocycles. The van der Waals surface area contributed by atoms with Crippen LogP contribution in [0.1, 0.15) is 156 Å².